The predicted octanol–water partition coefficient (Wildman–Crippen LogP) is 4.56. The van der Waals surface area contributed by atoms with Crippen molar-refractivity contribution in [1.29, 1.82) is 0 Å². The summed E-state index contributed by atoms with van der Waals surface area (Å²) in [5.41, 5.74) is 6.24. The van der Waals surface area contributed by atoms with Crippen molar-refractivity contribution in [3.8, 4) is 0 Å². The summed E-state index contributed by atoms with van der Waals surface area (Å²) >= 11 is 1.77. The maximum atomic E-state index is 4.73. The summed E-state index contributed by atoms with van der Waals surface area (Å²) in [5, 5.41) is 8.28. The van der Waals surface area contributed by atoms with Gasteiger partial charge in [0.1, 0.15) is 0 Å². The van der Waals surface area contributed by atoms with E-state index in [0.29, 0.717) is 0 Å². The molecule has 2 aromatic carbocycles. The van der Waals surface area contributed by atoms with E-state index in [1.807, 2.05) is 6.07 Å². The summed E-state index contributed by atoms with van der Waals surface area (Å²) < 4.78 is 2.11. The van der Waals surface area contributed by atoms with Crippen molar-refractivity contribution in [3.63, 3.8) is 0 Å². The molecule has 3 aromatic rings. The van der Waals surface area contributed by atoms with Crippen molar-refractivity contribution in [2.45, 2.75) is 38.4 Å². The lowest BCUT2D eigenvalue weighted by Gasteiger charge is -2.08. The fourth-order valence-corrected chi connectivity index (χ4v) is 3.38. The maximum Gasteiger partial charge on any atom is 0.0662 e. The first kappa shape index (κ1) is 17.8. The summed E-state index contributed by atoms with van der Waals surface area (Å²) in [6.45, 7) is 6.80. The Kier molecular flexibility index (Phi) is 5.95. The van der Waals surface area contributed by atoms with Crippen molar-refractivity contribution >= 4 is 11.8 Å². The second kappa shape index (κ2) is 8.37. The van der Waals surface area contributed by atoms with Gasteiger partial charge in [-0.25, -0.2) is 0 Å². The van der Waals surface area contributed by atoms with E-state index >= 15 is 0 Å². The number of benzene rings is 2. The van der Waals surface area contributed by atoms with E-state index in [1.165, 1.54) is 27.3 Å². The fourth-order valence-electron chi connectivity index (χ4n) is 2.98. The summed E-state index contributed by atoms with van der Waals surface area (Å²) in [4.78, 5) is 1.30. The third-order valence-corrected chi connectivity index (χ3v) is 5.24. The van der Waals surface area contributed by atoms with Crippen LogP contribution in [0.25, 0.3) is 0 Å². The van der Waals surface area contributed by atoms with Gasteiger partial charge in [-0.2, -0.15) is 5.10 Å². The van der Waals surface area contributed by atoms with Gasteiger partial charge in [0.05, 0.1) is 12.2 Å². The van der Waals surface area contributed by atoms with Gasteiger partial charge in [0.2, 0.25) is 0 Å². The monoisotopic (exact) mass is 351 g/mol. The molecule has 4 heteroatoms. The minimum absolute atomic E-state index is 0.823. The number of aryl methyl sites for hydroxylation is 1. The molecule has 3 rings (SSSR count). The molecule has 0 bridgehead atoms. The third-order valence-electron chi connectivity index (χ3n) is 4.50. The number of hydrogen-bond acceptors (Lipinski definition) is 3. The number of hydrogen-bond donors (Lipinski definition) is 1. The van der Waals surface area contributed by atoms with Gasteiger partial charge < -0.3 is 5.32 Å². The molecule has 0 aliphatic heterocycles. The van der Waals surface area contributed by atoms with Crippen LogP contribution in [-0.4, -0.2) is 16.0 Å². The van der Waals surface area contributed by atoms with Crippen LogP contribution >= 0.6 is 11.8 Å². The zero-order valence-corrected chi connectivity index (χ0v) is 15.9. The number of thioether (sulfide) groups is 1. The quantitative estimate of drug-likeness (QED) is 0.633. The summed E-state index contributed by atoms with van der Waals surface area (Å²) in [5.74, 6) is 0. The molecule has 0 fully saturated rings. The van der Waals surface area contributed by atoms with Crippen LogP contribution in [0.5, 0.6) is 0 Å². The molecule has 0 unspecified atom stereocenters. The van der Waals surface area contributed by atoms with E-state index in [0.717, 1.165) is 25.3 Å². The van der Waals surface area contributed by atoms with Crippen LogP contribution in [0.15, 0.2) is 59.5 Å². The summed E-state index contributed by atoms with van der Waals surface area (Å²) in [7, 11) is 0. The minimum atomic E-state index is 0.823. The zero-order chi connectivity index (χ0) is 17.6. The molecule has 0 atom stereocenters. The fraction of sp³-hybridized carbons (Fsp3) is 0.286. The SMILES string of the molecule is CSc1ccc(CNCc2c(C)nn(Cc3ccccc3)c2C)cc1. The highest BCUT2D eigenvalue weighted by Crippen LogP contribution is 2.16. The highest BCUT2D eigenvalue weighted by molar-refractivity contribution is 7.98. The minimum Gasteiger partial charge on any atom is -0.308 e. The average Bonchev–Trinajstić information content (AvgIpc) is 2.90. The van der Waals surface area contributed by atoms with Gasteiger partial charge in [0.25, 0.3) is 0 Å². The van der Waals surface area contributed by atoms with E-state index in [1.54, 1.807) is 11.8 Å². The largest absolute Gasteiger partial charge is 0.308 e. The van der Waals surface area contributed by atoms with Crippen molar-refractivity contribution in [1.82, 2.24) is 15.1 Å². The first-order chi connectivity index (χ1) is 12.2. The molecule has 0 radical (unpaired) electrons. The Bertz CT molecular complexity index is 807. The van der Waals surface area contributed by atoms with Crippen LogP contribution in [0, 0.1) is 13.8 Å². The number of nitrogens with one attached hydrogen (secondary N) is 1. The molecule has 1 heterocycles. The van der Waals surface area contributed by atoms with Gasteiger partial charge in [0, 0.05) is 29.2 Å². The first-order valence-electron chi connectivity index (χ1n) is 8.58. The van der Waals surface area contributed by atoms with Gasteiger partial charge in [0.15, 0.2) is 0 Å². The van der Waals surface area contributed by atoms with E-state index in [9.17, 15) is 0 Å². The van der Waals surface area contributed by atoms with Crippen molar-refractivity contribution in [3.05, 3.63) is 82.7 Å². The topological polar surface area (TPSA) is 29.9 Å². The highest BCUT2D eigenvalue weighted by atomic mass is 32.2. The smallest absolute Gasteiger partial charge is 0.0662 e. The highest BCUT2D eigenvalue weighted by Gasteiger charge is 2.11. The van der Waals surface area contributed by atoms with E-state index < -0.39 is 0 Å². The van der Waals surface area contributed by atoms with Crippen LogP contribution in [0.2, 0.25) is 0 Å². The molecule has 0 aliphatic rings. The standard InChI is InChI=1S/C21H25N3S/c1-16-21(14-22-13-18-9-11-20(25-3)12-10-18)17(2)24(23-16)15-19-7-5-4-6-8-19/h4-12,22H,13-15H2,1-3H3. The molecule has 0 spiro atoms. The van der Waals surface area contributed by atoms with Crippen molar-refractivity contribution in [2.75, 3.05) is 6.26 Å². The Labute approximate surface area is 154 Å². The lowest BCUT2D eigenvalue weighted by Crippen LogP contribution is -2.14. The maximum absolute atomic E-state index is 4.73. The predicted molar refractivity (Wildman–Crippen MR) is 106 cm³/mol. The molecule has 0 aliphatic carbocycles. The van der Waals surface area contributed by atoms with E-state index in [-0.39, 0.29) is 0 Å². The average molecular weight is 352 g/mol. The van der Waals surface area contributed by atoms with E-state index in [4.69, 9.17) is 5.10 Å². The third kappa shape index (κ3) is 4.53. The molecular weight excluding hydrogens is 326 g/mol. The number of rotatable bonds is 7. The van der Waals surface area contributed by atoms with Gasteiger partial charge in [-0.3, -0.25) is 4.68 Å². The Balaban J connectivity index is 1.62. The lowest BCUT2D eigenvalue weighted by molar-refractivity contribution is 0.653. The number of aromatic nitrogens is 2. The molecule has 25 heavy (non-hydrogen) atoms. The molecule has 1 aromatic heterocycles. The molecule has 0 saturated heterocycles. The van der Waals surface area contributed by atoms with Gasteiger partial charge in [-0.05, 0) is 43.4 Å². The van der Waals surface area contributed by atoms with Crippen LogP contribution in [-0.2, 0) is 19.6 Å². The molecule has 3 nitrogen and oxygen atoms in total. The Hall–Kier alpha value is -2.04. The van der Waals surface area contributed by atoms with Crippen LogP contribution in [0.1, 0.15) is 28.1 Å². The Morgan fingerprint density at radius 1 is 0.920 bits per heavy atom. The first-order valence-corrected chi connectivity index (χ1v) is 9.80. The summed E-state index contributed by atoms with van der Waals surface area (Å²) in [6, 6.07) is 19.2. The Morgan fingerprint density at radius 3 is 2.32 bits per heavy atom. The molecule has 130 valence electrons. The van der Waals surface area contributed by atoms with Crippen LogP contribution < -0.4 is 5.32 Å². The normalized spacial score (nSPS) is 11.0. The zero-order valence-electron chi connectivity index (χ0n) is 15.1. The van der Waals surface area contributed by atoms with E-state index in [2.05, 4.69) is 78.6 Å². The van der Waals surface area contributed by atoms with Crippen LogP contribution in [0.3, 0.4) is 0 Å². The lowest BCUT2D eigenvalue weighted by atomic mass is 10.1. The second-order valence-electron chi connectivity index (χ2n) is 6.24. The van der Waals surface area contributed by atoms with Gasteiger partial charge >= 0.3 is 0 Å². The van der Waals surface area contributed by atoms with Crippen LogP contribution in [0.4, 0.5) is 0 Å². The molecule has 0 amide bonds. The van der Waals surface area contributed by atoms with Gasteiger partial charge in [-0.1, -0.05) is 42.5 Å². The van der Waals surface area contributed by atoms with Gasteiger partial charge in [-0.15, -0.1) is 11.8 Å². The molecular formula is C21H25N3S. The Morgan fingerprint density at radius 2 is 1.64 bits per heavy atom. The summed E-state index contributed by atoms with van der Waals surface area (Å²) in [6.07, 6.45) is 2.10. The molecule has 0 saturated carbocycles. The van der Waals surface area contributed by atoms with Crippen molar-refractivity contribution < 1.29 is 0 Å². The second-order valence-corrected chi connectivity index (χ2v) is 7.12. The number of nitrogens with zero attached hydrogens (tertiary/aromatic N) is 2. The van der Waals surface area contributed by atoms with Crippen molar-refractivity contribution in [2.24, 2.45) is 0 Å². The molecule has 1 N–H and O–H groups in total.